The third kappa shape index (κ3) is 3.53. The van der Waals surface area contributed by atoms with Gasteiger partial charge in [0, 0.05) is 13.0 Å². The van der Waals surface area contributed by atoms with Crippen molar-refractivity contribution in [2.45, 2.75) is 64.6 Å². The molecule has 6 nitrogen and oxygen atoms in total. The lowest BCUT2D eigenvalue weighted by Crippen LogP contribution is -2.40. The standard InChI is InChI=1S/C13H23N5O/c1-2-6-10(14)13(19)15-9-12-17-16-11-7-4-3-5-8-18(11)12/h10H,2-9,14H2,1H3,(H,15,19). The van der Waals surface area contributed by atoms with Crippen LogP contribution in [0.1, 0.15) is 50.7 Å². The van der Waals surface area contributed by atoms with E-state index in [2.05, 4.69) is 20.1 Å². The number of fused-ring (bicyclic) bond motifs is 1. The lowest BCUT2D eigenvalue weighted by atomic mass is 10.2. The van der Waals surface area contributed by atoms with Gasteiger partial charge in [0.2, 0.25) is 5.91 Å². The Morgan fingerprint density at radius 2 is 2.26 bits per heavy atom. The SMILES string of the molecule is CCCC(N)C(=O)NCc1nnc2n1CCCCC2. The number of amides is 1. The molecule has 1 atom stereocenters. The molecule has 19 heavy (non-hydrogen) atoms. The number of hydrogen-bond donors (Lipinski definition) is 2. The quantitative estimate of drug-likeness (QED) is 0.822. The van der Waals surface area contributed by atoms with E-state index in [0.717, 1.165) is 37.5 Å². The molecule has 0 radical (unpaired) electrons. The zero-order valence-electron chi connectivity index (χ0n) is 11.6. The van der Waals surface area contributed by atoms with Crippen molar-refractivity contribution in [3.63, 3.8) is 0 Å². The fourth-order valence-electron chi connectivity index (χ4n) is 2.42. The molecule has 1 aliphatic rings. The Morgan fingerprint density at radius 1 is 1.42 bits per heavy atom. The molecule has 0 aromatic carbocycles. The van der Waals surface area contributed by atoms with Crippen molar-refractivity contribution < 1.29 is 4.79 Å². The molecule has 0 saturated carbocycles. The van der Waals surface area contributed by atoms with Crippen LogP contribution in [0.15, 0.2) is 0 Å². The van der Waals surface area contributed by atoms with Crippen LogP contribution >= 0.6 is 0 Å². The van der Waals surface area contributed by atoms with Gasteiger partial charge in [0.15, 0.2) is 5.82 Å². The van der Waals surface area contributed by atoms with Gasteiger partial charge in [0.1, 0.15) is 5.82 Å². The van der Waals surface area contributed by atoms with Gasteiger partial charge in [0.25, 0.3) is 0 Å². The number of aryl methyl sites for hydroxylation is 1. The van der Waals surface area contributed by atoms with E-state index in [-0.39, 0.29) is 5.91 Å². The molecule has 0 fully saturated rings. The highest BCUT2D eigenvalue weighted by molar-refractivity contribution is 5.81. The van der Waals surface area contributed by atoms with E-state index in [1.165, 1.54) is 12.8 Å². The second kappa shape index (κ2) is 6.65. The van der Waals surface area contributed by atoms with Gasteiger partial charge in [-0.15, -0.1) is 10.2 Å². The largest absolute Gasteiger partial charge is 0.347 e. The molecule has 1 aromatic rings. The number of hydrogen-bond acceptors (Lipinski definition) is 4. The van der Waals surface area contributed by atoms with E-state index in [1.807, 2.05) is 6.92 Å². The van der Waals surface area contributed by atoms with Gasteiger partial charge < -0.3 is 15.6 Å². The van der Waals surface area contributed by atoms with Gasteiger partial charge in [-0.05, 0) is 19.3 Å². The predicted octanol–water partition coefficient (Wildman–Crippen LogP) is 0.748. The fraction of sp³-hybridized carbons (Fsp3) is 0.769. The maximum Gasteiger partial charge on any atom is 0.237 e. The highest BCUT2D eigenvalue weighted by Gasteiger charge is 2.16. The topological polar surface area (TPSA) is 85.8 Å². The highest BCUT2D eigenvalue weighted by atomic mass is 16.2. The van der Waals surface area contributed by atoms with Crippen molar-refractivity contribution in [1.82, 2.24) is 20.1 Å². The molecule has 3 N–H and O–H groups in total. The summed E-state index contributed by atoms with van der Waals surface area (Å²) in [6.07, 6.45) is 6.17. The molecule has 0 spiro atoms. The lowest BCUT2D eigenvalue weighted by Gasteiger charge is -2.11. The third-order valence-electron chi connectivity index (χ3n) is 3.54. The number of nitrogens with two attached hydrogens (primary N) is 1. The summed E-state index contributed by atoms with van der Waals surface area (Å²) < 4.78 is 2.14. The summed E-state index contributed by atoms with van der Waals surface area (Å²) in [5.41, 5.74) is 5.78. The van der Waals surface area contributed by atoms with Crippen LogP contribution in [-0.2, 0) is 24.3 Å². The molecule has 6 heteroatoms. The summed E-state index contributed by atoms with van der Waals surface area (Å²) >= 11 is 0. The van der Waals surface area contributed by atoms with Gasteiger partial charge in [0.05, 0.1) is 12.6 Å². The van der Waals surface area contributed by atoms with Crippen LogP contribution in [0.3, 0.4) is 0 Å². The first kappa shape index (κ1) is 14.0. The van der Waals surface area contributed by atoms with Crippen LogP contribution in [0.4, 0.5) is 0 Å². The molecule has 1 unspecified atom stereocenters. The second-order valence-electron chi connectivity index (χ2n) is 5.11. The third-order valence-corrected chi connectivity index (χ3v) is 3.54. The van der Waals surface area contributed by atoms with Crippen LogP contribution in [-0.4, -0.2) is 26.7 Å². The number of rotatable bonds is 5. The molecular weight excluding hydrogens is 242 g/mol. The summed E-state index contributed by atoms with van der Waals surface area (Å²) in [6.45, 7) is 3.39. The van der Waals surface area contributed by atoms with Gasteiger partial charge in [-0.1, -0.05) is 19.8 Å². The van der Waals surface area contributed by atoms with Crippen LogP contribution in [0, 0.1) is 0 Å². The first-order chi connectivity index (χ1) is 9.22. The first-order valence-electron chi connectivity index (χ1n) is 7.16. The smallest absolute Gasteiger partial charge is 0.237 e. The van der Waals surface area contributed by atoms with E-state index in [4.69, 9.17) is 5.73 Å². The minimum atomic E-state index is -0.420. The van der Waals surface area contributed by atoms with E-state index in [1.54, 1.807) is 0 Å². The predicted molar refractivity (Wildman–Crippen MR) is 72.3 cm³/mol. The highest BCUT2D eigenvalue weighted by Crippen LogP contribution is 2.14. The molecule has 1 amide bonds. The molecule has 2 rings (SSSR count). The van der Waals surface area contributed by atoms with Gasteiger partial charge in [-0.3, -0.25) is 4.79 Å². The van der Waals surface area contributed by atoms with E-state index in [0.29, 0.717) is 13.0 Å². The summed E-state index contributed by atoms with van der Waals surface area (Å²) in [6, 6.07) is -0.420. The molecule has 106 valence electrons. The Balaban J connectivity index is 1.93. The Bertz CT molecular complexity index is 429. The van der Waals surface area contributed by atoms with Crippen LogP contribution < -0.4 is 11.1 Å². The molecule has 0 saturated heterocycles. The summed E-state index contributed by atoms with van der Waals surface area (Å²) in [5, 5.41) is 11.2. The van der Waals surface area contributed by atoms with Crippen molar-refractivity contribution in [3.05, 3.63) is 11.6 Å². The van der Waals surface area contributed by atoms with E-state index in [9.17, 15) is 4.79 Å². The molecule has 0 bridgehead atoms. The summed E-state index contributed by atoms with van der Waals surface area (Å²) in [4.78, 5) is 11.8. The second-order valence-corrected chi connectivity index (χ2v) is 5.11. The van der Waals surface area contributed by atoms with E-state index < -0.39 is 6.04 Å². The maximum absolute atomic E-state index is 11.8. The monoisotopic (exact) mass is 265 g/mol. The normalized spacial score (nSPS) is 16.5. The summed E-state index contributed by atoms with van der Waals surface area (Å²) in [7, 11) is 0. The van der Waals surface area contributed by atoms with Gasteiger partial charge in [-0.25, -0.2) is 0 Å². The van der Waals surface area contributed by atoms with Gasteiger partial charge >= 0.3 is 0 Å². The number of nitrogens with zero attached hydrogens (tertiary/aromatic N) is 3. The molecule has 2 heterocycles. The average molecular weight is 265 g/mol. The number of nitrogens with one attached hydrogen (secondary N) is 1. The molecule has 0 aliphatic carbocycles. The van der Waals surface area contributed by atoms with Crippen molar-refractivity contribution in [2.24, 2.45) is 5.73 Å². The lowest BCUT2D eigenvalue weighted by molar-refractivity contribution is -0.122. The van der Waals surface area contributed by atoms with E-state index >= 15 is 0 Å². The van der Waals surface area contributed by atoms with Crippen molar-refractivity contribution in [2.75, 3.05) is 0 Å². The Morgan fingerprint density at radius 3 is 3.05 bits per heavy atom. The zero-order chi connectivity index (χ0) is 13.7. The Kier molecular flexibility index (Phi) is 4.90. The Labute approximate surface area is 113 Å². The number of carbonyl (C=O) groups is 1. The van der Waals surface area contributed by atoms with Crippen LogP contribution in [0.5, 0.6) is 0 Å². The van der Waals surface area contributed by atoms with Gasteiger partial charge in [-0.2, -0.15) is 0 Å². The minimum Gasteiger partial charge on any atom is -0.347 e. The van der Waals surface area contributed by atoms with Crippen molar-refractivity contribution >= 4 is 5.91 Å². The minimum absolute atomic E-state index is 0.104. The van der Waals surface area contributed by atoms with Crippen molar-refractivity contribution in [3.8, 4) is 0 Å². The van der Waals surface area contributed by atoms with Crippen LogP contribution in [0.25, 0.3) is 0 Å². The number of aromatic nitrogens is 3. The Hall–Kier alpha value is -1.43. The van der Waals surface area contributed by atoms with Crippen LogP contribution in [0.2, 0.25) is 0 Å². The zero-order valence-corrected chi connectivity index (χ0v) is 11.6. The summed E-state index contributed by atoms with van der Waals surface area (Å²) in [5.74, 6) is 1.78. The average Bonchev–Trinajstić information content (AvgIpc) is 2.64. The molecule has 1 aliphatic heterocycles. The molecule has 1 aromatic heterocycles. The van der Waals surface area contributed by atoms with Crippen molar-refractivity contribution in [1.29, 1.82) is 0 Å². The maximum atomic E-state index is 11.8. The molecular formula is C13H23N5O. The first-order valence-corrected chi connectivity index (χ1v) is 7.16. The number of carbonyl (C=O) groups excluding carboxylic acids is 1. The fourth-order valence-corrected chi connectivity index (χ4v) is 2.42.